The van der Waals surface area contributed by atoms with Gasteiger partial charge < -0.3 is 18.9 Å². The van der Waals surface area contributed by atoms with Gasteiger partial charge in [0.15, 0.2) is 11.5 Å². The number of hydrogen-bond donors (Lipinski definition) is 0. The normalized spacial score (nSPS) is 15.3. The lowest BCUT2D eigenvalue weighted by Crippen LogP contribution is -2.33. The molecule has 0 aromatic heterocycles. The van der Waals surface area contributed by atoms with Crippen molar-refractivity contribution in [2.24, 2.45) is 5.92 Å². The van der Waals surface area contributed by atoms with Crippen LogP contribution in [0.25, 0.3) is 0 Å². The smallest absolute Gasteiger partial charge is 0.307 e. The fourth-order valence-electron chi connectivity index (χ4n) is 5.41. The summed E-state index contributed by atoms with van der Waals surface area (Å²) < 4.78 is 23.0. The number of fused-ring (bicyclic) bond motifs is 1. The zero-order valence-corrected chi connectivity index (χ0v) is 24.6. The van der Waals surface area contributed by atoms with Crippen molar-refractivity contribution in [1.82, 2.24) is 9.80 Å². The predicted octanol–water partition coefficient (Wildman–Crippen LogP) is 4.70. The first kappa shape index (κ1) is 30.4. The first-order valence-electron chi connectivity index (χ1n) is 14.7. The molecule has 9 heteroatoms. The quantitative estimate of drug-likeness (QED) is 0.226. The minimum Gasteiger partial charge on any atom is -0.493 e. The van der Waals surface area contributed by atoms with E-state index in [2.05, 4.69) is 30.9 Å². The molecule has 2 amide bonds. The molecule has 41 heavy (non-hydrogen) atoms. The second-order valence-corrected chi connectivity index (χ2v) is 10.8. The zero-order chi connectivity index (χ0) is 29.4. The molecule has 1 unspecified atom stereocenters. The van der Waals surface area contributed by atoms with Crippen molar-refractivity contribution in [2.75, 3.05) is 39.5 Å². The molecule has 0 radical (unpaired) electrons. The van der Waals surface area contributed by atoms with E-state index in [1.807, 2.05) is 38.1 Å². The van der Waals surface area contributed by atoms with Crippen LogP contribution in [-0.4, -0.2) is 67.1 Å². The number of esters is 1. The van der Waals surface area contributed by atoms with Crippen LogP contribution in [0.4, 0.5) is 0 Å². The summed E-state index contributed by atoms with van der Waals surface area (Å²) in [6, 6.07) is 11.9. The van der Waals surface area contributed by atoms with Gasteiger partial charge in [0.2, 0.25) is 11.8 Å². The Balaban J connectivity index is 1.55. The van der Waals surface area contributed by atoms with E-state index in [1.54, 1.807) is 0 Å². The van der Waals surface area contributed by atoms with Gasteiger partial charge in [-0.1, -0.05) is 32.0 Å². The first-order valence-corrected chi connectivity index (χ1v) is 14.7. The second-order valence-electron chi connectivity index (χ2n) is 10.8. The Hall–Kier alpha value is -3.59. The number of hydrogen-bond acceptors (Lipinski definition) is 8. The first-order chi connectivity index (χ1) is 19.8. The van der Waals surface area contributed by atoms with Crippen LogP contribution in [0.5, 0.6) is 17.2 Å². The summed E-state index contributed by atoms with van der Waals surface area (Å²) in [5.41, 5.74) is 3.25. The molecule has 2 aromatic rings. The summed E-state index contributed by atoms with van der Waals surface area (Å²) in [5.74, 6) is 1.90. The molecule has 0 N–H and O–H groups in total. The third kappa shape index (κ3) is 8.00. The zero-order valence-electron chi connectivity index (χ0n) is 24.6. The second kappa shape index (κ2) is 14.3. The van der Waals surface area contributed by atoms with E-state index in [-0.39, 0.29) is 56.2 Å². The maximum atomic E-state index is 12.8. The minimum atomic E-state index is -0.225. The van der Waals surface area contributed by atoms with Crippen molar-refractivity contribution in [1.29, 1.82) is 0 Å². The molecule has 2 aliphatic rings. The Kier molecular flexibility index (Phi) is 10.6. The summed E-state index contributed by atoms with van der Waals surface area (Å²) in [6.07, 6.45) is 1.63. The lowest BCUT2D eigenvalue weighted by Gasteiger charge is -2.33. The largest absolute Gasteiger partial charge is 0.493 e. The van der Waals surface area contributed by atoms with Gasteiger partial charge in [-0.2, -0.15) is 0 Å². The fraction of sp³-hybridized carbons (Fsp3) is 0.531. The summed E-state index contributed by atoms with van der Waals surface area (Å²) in [5, 5.41) is 0. The van der Waals surface area contributed by atoms with Gasteiger partial charge >= 0.3 is 5.97 Å². The predicted molar refractivity (Wildman–Crippen MR) is 154 cm³/mol. The molecule has 1 saturated heterocycles. The highest BCUT2D eigenvalue weighted by Gasteiger charge is 2.29. The van der Waals surface area contributed by atoms with Crippen LogP contribution >= 0.6 is 0 Å². The Morgan fingerprint density at radius 3 is 2.46 bits per heavy atom. The molecule has 0 aliphatic carbocycles. The van der Waals surface area contributed by atoms with E-state index >= 15 is 0 Å². The molecule has 1 fully saturated rings. The molecule has 0 bridgehead atoms. The number of likely N-dealkylation sites (tertiary alicyclic amines) is 1. The van der Waals surface area contributed by atoms with Crippen LogP contribution in [0.3, 0.4) is 0 Å². The lowest BCUT2D eigenvalue weighted by molar-refractivity contribution is -0.145. The Morgan fingerprint density at radius 1 is 0.976 bits per heavy atom. The maximum absolute atomic E-state index is 12.8. The number of rotatable bonds is 15. The summed E-state index contributed by atoms with van der Waals surface area (Å²) in [6.45, 7) is 11.3. The molecule has 222 valence electrons. The van der Waals surface area contributed by atoms with Crippen molar-refractivity contribution in [3.05, 3.63) is 53.1 Å². The van der Waals surface area contributed by atoms with E-state index in [1.165, 1.54) is 10.5 Å². The Morgan fingerprint density at radius 2 is 1.76 bits per heavy atom. The molecular weight excluding hydrogens is 524 g/mol. The number of imide groups is 1. The van der Waals surface area contributed by atoms with E-state index < -0.39 is 0 Å². The highest BCUT2D eigenvalue weighted by atomic mass is 16.5. The van der Waals surface area contributed by atoms with Crippen LogP contribution in [0.2, 0.25) is 0 Å². The topological polar surface area (TPSA) is 94.6 Å². The molecule has 1 atom stereocenters. The Labute approximate surface area is 242 Å². The number of ether oxygens (including phenoxy) is 4. The summed E-state index contributed by atoms with van der Waals surface area (Å²) >= 11 is 0. The molecule has 4 rings (SSSR count). The molecule has 2 aromatic carbocycles. The average molecular weight is 567 g/mol. The Bertz CT molecular complexity index is 1210. The van der Waals surface area contributed by atoms with E-state index in [0.717, 1.165) is 29.8 Å². The van der Waals surface area contributed by atoms with Gasteiger partial charge in [-0.3, -0.25) is 24.2 Å². The highest BCUT2D eigenvalue weighted by Crippen LogP contribution is 2.35. The van der Waals surface area contributed by atoms with Gasteiger partial charge in [0, 0.05) is 38.4 Å². The van der Waals surface area contributed by atoms with Gasteiger partial charge in [-0.25, -0.2) is 0 Å². The highest BCUT2D eigenvalue weighted by molar-refractivity contribution is 6.01. The lowest BCUT2D eigenvalue weighted by atomic mass is 9.97. The molecule has 2 aliphatic heterocycles. The van der Waals surface area contributed by atoms with Crippen molar-refractivity contribution >= 4 is 17.8 Å². The molecule has 0 saturated carbocycles. The average Bonchev–Trinajstić information content (AvgIpc) is 3.53. The third-order valence-electron chi connectivity index (χ3n) is 7.22. The van der Waals surface area contributed by atoms with Gasteiger partial charge in [0.25, 0.3) is 0 Å². The van der Waals surface area contributed by atoms with E-state index in [9.17, 15) is 14.4 Å². The van der Waals surface area contributed by atoms with Crippen LogP contribution in [-0.2, 0) is 32.1 Å². The minimum absolute atomic E-state index is 0.155. The van der Waals surface area contributed by atoms with Crippen LogP contribution in [0.15, 0.2) is 36.4 Å². The van der Waals surface area contributed by atoms with Gasteiger partial charge in [0.1, 0.15) is 12.4 Å². The van der Waals surface area contributed by atoms with Crippen molar-refractivity contribution in [2.45, 2.75) is 66.0 Å². The van der Waals surface area contributed by atoms with Crippen LogP contribution in [0.1, 0.15) is 69.7 Å². The fourth-order valence-corrected chi connectivity index (χ4v) is 5.41. The van der Waals surface area contributed by atoms with Crippen LogP contribution < -0.4 is 14.2 Å². The van der Waals surface area contributed by atoms with Crippen molar-refractivity contribution in [3.8, 4) is 17.2 Å². The molecule has 9 nitrogen and oxygen atoms in total. The monoisotopic (exact) mass is 566 g/mol. The van der Waals surface area contributed by atoms with Gasteiger partial charge in [-0.15, -0.1) is 0 Å². The van der Waals surface area contributed by atoms with Gasteiger partial charge in [-0.05, 0) is 54.7 Å². The van der Waals surface area contributed by atoms with Crippen molar-refractivity contribution < 1.29 is 33.3 Å². The molecule has 2 heterocycles. The molecule has 0 spiro atoms. The summed E-state index contributed by atoms with van der Waals surface area (Å²) in [4.78, 5) is 40.2. The van der Waals surface area contributed by atoms with Crippen molar-refractivity contribution in [3.63, 3.8) is 0 Å². The summed E-state index contributed by atoms with van der Waals surface area (Å²) in [7, 11) is 0. The number of carbonyl (C=O) groups is 3. The maximum Gasteiger partial charge on any atom is 0.307 e. The standard InChI is InChI=1S/C32H42N2O7/c1-5-38-29-17-23(7-9-28(29)41-16-14-34-30(35)11-12-31(34)36)21-33(20-22(3)4)26(19-32(37)39-6-2)24-8-10-27-25(18-24)13-15-40-27/h7-10,17-18,22,26H,5-6,11-16,19-21H2,1-4H3. The number of carbonyl (C=O) groups excluding carboxylic acids is 3. The van der Waals surface area contributed by atoms with E-state index in [0.29, 0.717) is 43.8 Å². The van der Waals surface area contributed by atoms with Crippen LogP contribution in [0, 0.1) is 5.92 Å². The van der Waals surface area contributed by atoms with Gasteiger partial charge in [0.05, 0.1) is 32.8 Å². The molecular formula is C32H42N2O7. The SMILES string of the molecule is CCOC(=O)CC(c1ccc2c(c1)CCO2)N(Cc1ccc(OCCN2C(=O)CCC2=O)c(OCC)c1)CC(C)C. The number of amides is 2. The number of benzene rings is 2. The van der Waals surface area contributed by atoms with E-state index in [4.69, 9.17) is 18.9 Å². The number of nitrogens with zero attached hydrogens (tertiary/aromatic N) is 2. The third-order valence-corrected chi connectivity index (χ3v) is 7.22.